The fourth-order valence-electron chi connectivity index (χ4n) is 1.84. The van der Waals surface area contributed by atoms with Gasteiger partial charge in [-0.3, -0.25) is 9.59 Å². The molecule has 9 nitrogen and oxygen atoms in total. The number of carbonyl (C=O) groups is 2. The van der Waals surface area contributed by atoms with Crippen molar-refractivity contribution in [2.24, 2.45) is 5.92 Å². The van der Waals surface area contributed by atoms with Crippen LogP contribution in [0.25, 0.3) is 0 Å². The first kappa shape index (κ1) is 27.9. The normalized spacial score (nSPS) is 11.2. The SMILES string of the molecule is CCCOCCOCCOCCOCC(=O)NCCOCCOCC(=O)C(C)C. The van der Waals surface area contributed by atoms with Crippen LogP contribution in [0.2, 0.25) is 0 Å². The zero-order chi connectivity index (χ0) is 21.6. The first-order valence-electron chi connectivity index (χ1n) is 10.3. The summed E-state index contributed by atoms with van der Waals surface area (Å²) < 4.78 is 31.7. The molecular weight excluding hydrogens is 382 g/mol. The summed E-state index contributed by atoms with van der Waals surface area (Å²) in [6.45, 7) is 11.0. The maximum Gasteiger partial charge on any atom is 0.246 e. The van der Waals surface area contributed by atoms with Crippen molar-refractivity contribution in [1.82, 2.24) is 5.32 Å². The smallest absolute Gasteiger partial charge is 0.246 e. The summed E-state index contributed by atoms with van der Waals surface area (Å²) in [4.78, 5) is 22.9. The lowest BCUT2D eigenvalue weighted by atomic mass is 10.1. The van der Waals surface area contributed by atoms with Crippen molar-refractivity contribution < 1.29 is 38.0 Å². The van der Waals surface area contributed by atoms with Gasteiger partial charge in [-0.25, -0.2) is 0 Å². The van der Waals surface area contributed by atoms with Crippen molar-refractivity contribution in [2.75, 3.05) is 85.8 Å². The Morgan fingerprint density at radius 2 is 1.10 bits per heavy atom. The van der Waals surface area contributed by atoms with Crippen molar-refractivity contribution >= 4 is 11.7 Å². The van der Waals surface area contributed by atoms with Crippen molar-refractivity contribution in [3.05, 3.63) is 0 Å². The van der Waals surface area contributed by atoms with Crippen molar-refractivity contribution in [1.29, 1.82) is 0 Å². The maximum absolute atomic E-state index is 11.6. The van der Waals surface area contributed by atoms with E-state index < -0.39 is 0 Å². The molecule has 1 N–H and O–H groups in total. The predicted molar refractivity (Wildman–Crippen MR) is 108 cm³/mol. The van der Waals surface area contributed by atoms with E-state index in [9.17, 15) is 9.59 Å². The van der Waals surface area contributed by atoms with Gasteiger partial charge in [0, 0.05) is 19.1 Å². The van der Waals surface area contributed by atoms with Crippen LogP contribution >= 0.6 is 0 Å². The minimum atomic E-state index is -0.206. The number of carbonyl (C=O) groups excluding carboxylic acids is 2. The molecule has 0 bridgehead atoms. The highest BCUT2D eigenvalue weighted by atomic mass is 16.6. The molecule has 0 radical (unpaired) electrons. The Balaban J connectivity index is 3.22. The molecule has 0 aromatic carbocycles. The molecule has 0 aromatic rings. The Labute approximate surface area is 174 Å². The van der Waals surface area contributed by atoms with Crippen molar-refractivity contribution in [2.45, 2.75) is 27.2 Å². The number of amides is 1. The van der Waals surface area contributed by atoms with Gasteiger partial charge < -0.3 is 33.7 Å². The third-order valence-corrected chi connectivity index (χ3v) is 3.53. The number of Topliss-reactive ketones (excluding diaryl/α,β-unsaturated/α-hetero) is 1. The van der Waals surface area contributed by atoms with E-state index in [0.717, 1.165) is 13.0 Å². The fourth-order valence-corrected chi connectivity index (χ4v) is 1.84. The van der Waals surface area contributed by atoms with Gasteiger partial charge in [0.05, 0.1) is 59.5 Å². The standard InChI is InChI=1S/C20H39NO8/c1-4-6-24-8-9-26-10-11-27-13-15-29-17-20(23)21-5-7-25-12-14-28-16-19(22)18(2)3/h18H,4-17H2,1-3H3,(H,21,23). The number of nitrogens with one attached hydrogen (secondary N) is 1. The highest BCUT2D eigenvalue weighted by molar-refractivity contribution is 5.81. The first-order chi connectivity index (χ1) is 14.1. The molecule has 172 valence electrons. The third kappa shape index (κ3) is 21.4. The van der Waals surface area contributed by atoms with Gasteiger partial charge in [-0.15, -0.1) is 0 Å². The van der Waals surface area contributed by atoms with E-state index in [-0.39, 0.29) is 30.8 Å². The summed E-state index contributed by atoms with van der Waals surface area (Å²) >= 11 is 0. The van der Waals surface area contributed by atoms with Gasteiger partial charge in [0.15, 0.2) is 5.78 Å². The lowest BCUT2D eigenvalue weighted by Crippen LogP contribution is -2.31. The molecule has 0 aliphatic heterocycles. The molecule has 29 heavy (non-hydrogen) atoms. The fraction of sp³-hybridized carbons (Fsp3) is 0.900. The average molecular weight is 422 g/mol. The second-order valence-electron chi connectivity index (χ2n) is 6.53. The topological polar surface area (TPSA) is 102 Å². The highest BCUT2D eigenvalue weighted by Gasteiger charge is 2.06. The molecule has 0 aromatic heterocycles. The molecule has 0 spiro atoms. The highest BCUT2D eigenvalue weighted by Crippen LogP contribution is 1.94. The first-order valence-corrected chi connectivity index (χ1v) is 10.3. The Morgan fingerprint density at radius 1 is 0.655 bits per heavy atom. The van der Waals surface area contributed by atoms with Crippen LogP contribution in [-0.4, -0.2) is 97.5 Å². The zero-order valence-electron chi connectivity index (χ0n) is 18.2. The summed E-state index contributed by atoms with van der Waals surface area (Å²) in [5.41, 5.74) is 0. The van der Waals surface area contributed by atoms with Crippen LogP contribution < -0.4 is 5.32 Å². The molecule has 0 aliphatic rings. The van der Waals surface area contributed by atoms with Crippen LogP contribution in [-0.2, 0) is 38.0 Å². The van der Waals surface area contributed by atoms with Crippen LogP contribution in [0.1, 0.15) is 27.2 Å². The van der Waals surface area contributed by atoms with E-state index in [0.29, 0.717) is 66.0 Å². The molecule has 0 atom stereocenters. The molecule has 0 aliphatic carbocycles. The summed E-state index contributed by atoms with van der Waals surface area (Å²) in [6, 6.07) is 0. The van der Waals surface area contributed by atoms with E-state index in [1.54, 1.807) is 0 Å². The van der Waals surface area contributed by atoms with E-state index >= 15 is 0 Å². The molecular formula is C20H39NO8. The van der Waals surface area contributed by atoms with Crippen LogP contribution in [0.3, 0.4) is 0 Å². The van der Waals surface area contributed by atoms with E-state index in [2.05, 4.69) is 12.2 Å². The van der Waals surface area contributed by atoms with Crippen LogP contribution in [0.15, 0.2) is 0 Å². The van der Waals surface area contributed by atoms with E-state index in [1.807, 2.05) is 13.8 Å². The molecule has 1 amide bonds. The van der Waals surface area contributed by atoms with Gasteiger partial charge in [0.25, 0.3) is 0 Å². The molecule has 0 saturated carbocycles. The quantitative estimate of drug-likeness (QED) is 0.257. The zero-order valence-corrected chi connectivity index (χ0v) is 18.2. The van der Waals surface area contributed by atoms with E-state index in [1.165, 1.54) is 0 Å². The Kier molecular flexibility index (Phi) is 20.8. The molecule has 0 rings (SSSR count). The minimum Gasteiger partial charge on any atom is -0.379 e. The number of hydrogen-bond donors (Lipinski definition) is 1. The van der Waals surface area contributed by atoms with Gasteiger partial charge in [0.1, 0.15) is 13.2 Å². The molecule has 0 unspecified atom stereocenters. The molecule has 0 heterocycles. The van der Waals surface area contributed by atoms with Gasteiger partial charge >= 0.3 is 0 Å². The average Bonchev–Trinajstić information content (AvgIpc) is 2.70. The number of rotatable bonds is 22. The second kappa shape index (κ2) is 21.6. The molecule has 0 fully saturated rings. The summed E-state index contributed by atoms with van der Waals surface area (Å²) in [5, 5.41) is 2.69. The summed E-state index contributed by atoms with van der Waals surface area (Å²) in [6.07, 6.45) is 1.01. The maximum atomic E-state index is 11.6. The van der Waals surface area contributed by atoms with Gasteiger partial charge in [-0.2, -0.15) is 0 Å². The lowest BCUT2D eigenvalue weighted by molar-refractivity contribution is -0.128. The number of hydrogen-bond acceptors (Lipinski definition) is 8. The van der Waals surface area contributed by atoms with Gasteiger partial charge in [0.2, 0.25) is 5.91 Å². The third-order valence-electron chi connectivity index (χ3n) is 3.53. The van der Waals surface area contributed by atoms with Gasteiger partial charge in [-0.1, -0.05) is 20.8 Å². The monoisotopic (exact) mass is 421 g/mol. The second-order valence-corrected chi connectivity index (χ2v) is 6.53. The Hall–Kier alpha value is -1.10. The largest absolute Gasteiger partial charge is 0.379 e. The molecule has 9 heteroatoms. The van der Waals surface area contributed by atoms with E-state index in [4.69, 9.17) is 28.4 Å². The van der Waals surface area contributed by atoms with Crippen molar-refractivity contribution in [3.63, 3.8) is 0 Å². The van der Waals surface area contributed by atoms with Crippen LogP contribution in [0.4, 0.5) is 0 Å². The van der Waals surface area contributed by atoms with Gasteiger partial charge in [-0.05, 0) is 6.42 Å². The minimum absolute atomic E-state index is 0.0188. The van der Waals surface area contributed by atoms with Crippen molar-refractivity contribution in [3.8, 4) is 0 Å². The van der Waals surface area contributed by atoms with Crippen LogP contribution in [0, 0.1) is 5.92 Å². The summed E-state index contributed by atoms with van der Waals surface area (Å²) in [5.74, 6) is -0.152. The Morgan fingerprint density at radius 3 is 1.62 bits per heavy atom. The van der Waals surface area contributed by atoms with Crippen LogP contribution in [0.5, 0.6) is 0 Å². The lowest BCUT2D eigenvalue weighted by Gasteiger charge is -2.09. The molecule has 0 saturated heterocycles. The predicted octanol–water partition coefficient (Wildman–Crippen LogP) is 0.837. The number of ether oxygens (including phenoxy) is 6. The number of ketones is 1. The summed E-state index contributed by atoms with van der Waals surface area (Å²) in [7, 11) is 0. The Bertz CT molecular complexity index is 393.